The molecular weight excluding hydrogens is 371 g/mol. The number of anilines is 2. The third-order valence-corrected chi connectivity index (χ3v) is 5.68. The third-order valence-electron chi connectivity index (χ3n) is 3.18. The summed E-state index contributed by atoms with van der Waals surface area (Å²) in [6.07, 6.45) is 0. The fourth-order valence-corrected chi connectivity index (χ4v) is 2.77. The maximum Gasteiger partial charge on any atom is 0.255 e. The average molecular weight is 387 g/mol. The molecule has 0 atom stereocenters. The molecule has 0 aliphatic heterocycles. The Kier molecular flexibility index (Phi) is 5.74. The molecule has 0 aliphatic rings. The molecule has 2 N–H and O–H groups in total. The van der Waals surface area contributed by atoms with Crippen LogP contribution in [0.25, 0.3) is 0 Å². The number of carbonyl (C=O) groups excluding carboxylic acids is 1. The van der Waals surface area contributed by atoms with E-state index in [4.69, 9.17) is 23.2 Å². The maximum atomic E-state index is 12.3. The van der Waals surface area contributed by atoms with Crippen LogP contribution in [0.3, 0.4) is 0 Å². The second-order valence-electron chi connectivity index (χ2n) is 5.36. The van der Waals surface area contributed by atoms with E-state index < -0.39 is 15.3 Å². The zero-order valence-electron chi connectivity index (χ0n) is 13.0. The lowest BCUT2D eigenvalue weighted by molar-refractivity contribution is 0.102. The van der Waals surface area contributed by atoms with Crippen LogP contribution in [0.2, 0.25) is 10.0 Å². The highest BCUT2D eigenvalue weighted by molar-refractivity contribution is 7.93. The van der Waals surface area contributed by atoms with Crippen LogP contribution in [0.15, 0.2) is 42.5 Å². The highest BCUT2D eigenvalue weighted by Gasteiger charge is 2.16. The van der Waals surface area contributed by atoms with Gasteiger partial charge in [-0.1, -0.05) is 29.3 Å². The number of hydrogen-bond acceptors (Lipinski definition) is 3. The van der Waals surface area contributed by atoms with Gasteiger partial charge in [0.25, 0.3) is 5.91 Å². The van der Waals surface area contributed by atoms with Crippen molar-refractivity contribution in [3.8, 4) is 0 Å². The van der Waals surface area contributed by atoms with Gasteiger partial charge in [-0.3, -0.25) is 9.52 Å². The summed E-state index contributed by atoms with van der Waals surface area (Å²) in [6.45, 7) is 3.15. The smallest absolute Gasteiger partial charge is 0.255 e. The Balaban J connectivity index is 2.18. The Labute approximate surface area is 151 Å². The number of nitrogens with one attached hydrogen (secondary N) is 2. The first kappa shape index (κ1) is 18.6. The Bertz CT molecular complexity index is 867. The summed E-state index contributed by atoms with van der Waals surface area (Å²) in [7, 11) is -3.48. The first-order valence-electron chi connectivity index (χ1n) is 7.07. The lowest BCUT2D eigenvalue weighted by Gasteiger charge is -2.12. The van der Waals surface area contributed by atoms with Crippen LogP contribution in [-0.2, 0) is 10.0 Å². The summed E-state index contributed by atoms with van der Waals surface area (Å²) >= 11 is 11.7. The molecule has 0 aliphatic carbocycles. The average Bonchev–Trinajstić information content (AvgIpc) is 2.50. The largest absolute Gasteiger partial charge is 0.322 e. The highest BCUT2D eigenvalue weighted by Crippen LogP contribution is 2.25. The van der Waals surface area contributed by atoms with Crippen LogP contribution in [-0.4, -0.2) is 19.6 Å². The number of amides is 1. The van der Waals surface area contributed by atoms with Crippen LogP contribution >= 0.6 is 23.2 Å². The minimum atomic E-state index is -3.48. The topological polar surface area (TPSA) is 75.3 Å². The number of halogens is 2. The molecule has 0 saturated heterocycles. The molecule has 2 rings (SSSR count). The summed E-state index contributed by atoms with van der Waals surface area (Å²) in [6, 6.07) is 11.0. The van der Waals surface area contributed by atoms with E-state index in [2.05, 4.69) is 10.0 Å². The van der Waals surface area contributed by atoms with Crippen molar-refractivity contribution in [1.82, 2.24) is 0 Å². The first-order valence-corrected chi connectivity index (χ1v) is 9.37. The van der Waals surface area contributed by atoms with Crippen LogP contribution in [0.4, 0.5) is 11.4 Å². The minimum Gasteiger partial charge on any atom is -0.322 e. The molecule has 8 heteroatoms. The highest BCUT2D eigenvalue weighted by atomic mass is 35.5. The zero-order valence-corrected chi connectivity index (χ0v) is 15.3. The number of benzene rings is 2. The fraction of sp³-hybridized carbons (Fsp3) is 0.188. The molecule has 2 aromatic carbocycles. The maximum absolute atomic E-state index is 12.3. The van der Waals surface area contributed by atoms with E-state index in [9.17, 15) is 13.2 Å². The molecule has 0 fully saturated rings. The van der Waals surface area contributed by atoms with Crippen LogP contribution < -0.4 is 10.0 Å². The van der Waals surface area contributed by atoms with Gasteiger partial charge in [0.1, 0.15) is 0 Å². The van der Waals surface area contributed by atoms with E-state index >= 15 is 0 Å². The van der Waals surface area contributed by atoms with Gasteiger partial charge in [0.05, 0.1) is 15.3 Å². The molecule has 1 amide bonds. The zero-order chi connectivity index (χ0) is 17.9. The van der Waals surface area contributed by atoms with Gasteiger partial charge in [-0.2, -0.15) is 0 Å². The fourth-order valence-electron chi connectivity index (χ4n) is 1.78. The molecule has 0 aromatic heterocycles. The van der Waals surface area contributed by atoms with E-state index in [0.29, 0.717) is 27.0 Å². The molecule has 0 heterocycles. The van der Waals surface area contributed by atoms with Gasteiger partial charge in [0.2, 0.25) is 10.0 Å². The second-order valence-corrected chi connectivity index (χ2v) is 8.41. The summed E-state index contributed by atoms with van der Waals surface area (Å²) in [5.74, 6) is -0.390. The van der Waals surface area contributed by atoms with E-state index in [0.717, 1.165) is 0 Å². The van der Waals surface area contributed by atoms with Crippen LogP contribution in [0.1, 0.15) is 24.2 Å². The predicted octanol–water partition coefficient (Wildman–Crippen LogP) is 4.40. The normalized spacial score (nSPS) is 11.4. The molecule has 5 nitrogen and oxygen atoms in total. The summed E-state index contributed by atoms with van der Waals surface area (Å²) in [5.41, 5.74) is 1.12. The number of rotatable bonds is 5. The lowest BCUT2D eigenvalue weighted by atomic mass is 10.2. The molecule has 0 unspecified atom stereocenters. The quantitative estimate of drug-likeness (QED) is 0.799. The van der Waals surface area contributed by atoms with E-state index in [1.54, 1.807) is 44.2 Å². The van der Waals surface area contributed by atoms with Gasteiger partial charge in [0.15, 0.2) is 0 Å². The monoisotopic (exact) mass is 386 g/mol. The summed E-state index contributed by atoms with van der Waals surface area (Å²) in [4.78, 5) is 12.3. The Hall–Kier alpha value is -1.76. The van der Waals surface area contributed by atoms with Gasteiger partial charge in [0, 0.05) is 16.9 Å². The molecule has 24 heavy (non-hydrogen) atoms. The Morgan fingerprint density at radius 3 is 2.33 bits per heavy atom. The number of sulfonamides is 1. The van der Waals surface area contributed by atoms with E-state index in [1.165, 1.54) is 12.1 Å². The number of hydrogen-bond donors (Lipinski definition) is 2. The standard InChI is InChI=1S/C16H16Cl2N2O3S/c1-10(2)24(22,23)20-13-5-3-4-11(8-13)16(21)19-12-6-7-14(17)15(18)9-12/h3-10,20H,1-2H3,(H,19,21). The van der Waals surface area contributed by atoms with Crippen molar-refractivity contribution in [3.63, 3.8) is 0 Å². The Morgan fingerprint density at radius 2 is 1.71 bits per heavy atom. The first-order chi connectivity index (χ1) is 11.2. The van der Waals surface area contributed by atoms with Crippen molar-refractivity contribution in [2.24, 2.45) is 0 Å². The van der Waals surface area contributed by atoms with Crippen molar-refractivity contribution in [3.05, 3.63) is 58.1 Å². The summed E-state index contributed by atoms with van der Waals surface area (Å²) < 4.78 is 26.3. The van der Waals surface area contributed by atoms with Crippen LogP contribution in [0, 0.1) is 0 Å². The second kappa shape index (κ2) is 7.42. The van der Waals surface area contributed by atoms with Crippen molar-refractivity contribution in [2.75, 3.05) is 10.0 Å². The minimum absolute atomic E-state index is 0.310. The molecule has 128 valence electrons. The van der Waals surface area contributed by atoms with E-state index in [1.807, 2.05) is 0 Å². The van der Waals surface area contributed by atoms with Gasteiger partial charge in [-0.25, -0.2) is 8.42 Å². The van der Waals surface area contributed by atoms with Crippen molar-refractivity contribution in [2.45, 2.75) is 19.1 Å². The lowest BCUT2D eigenvalue weighted by Crippen LogP contribution is -2.22. The predicted molar refractivity (Wildman–Crippen MR) is 98.5 cm³/mol. The van der Waals surface area contributed by atoms with Crippen molar-refractivity contribution >= 4 is 50.5 Å². The molecule has 0 radical (unpaired) electrons. The number of carbonyl (C=O) groups is 1. The molecule has 0 saturated carbocycles. The molecule has 0 bridgehead atoms. The SMILES string of the molecule is CC(C)S(=O)(=O)Nc1cccc(C(=O)Nc2ccc(Cl)c(Cl)c2)c1. The van der Waals surface area contributed by atoms with Gasteiger partial charge >= 0.3 is 0 Å². The Morgan fingerprint density at radius 1 is 1.00 bits per heavy atom. The van der Waals surface area contributed by atoms with Crippen molar-refractivity contribution < 1.29 is 13.2 Å². The van der Waals surface area contributed by atoms with Gasteiger partial charge < -0.3 is 5.32 Å². The summed E-state index contributed by atoms with van der Waals surface area (Å²) in [5, 5.41) is 2.82. The van der Waals surface area contributed by atoms with Gasteiger partial charge in [-0.15, -0.1) is 0 Å². The van der Waals surface area contributed by atoms with E-state index in [-0.39, 0.29) is 5.91 Å². The van der Waals surface area contributed by atoms with Crippen LogP contribution in [0.5, 0.6) is 0 Å². The third kappa shape index (κ3) is 4.63. The van der Waals surface area contributed by atoms with Gasteiger partial charge in [-0.05, 0) is 50.2 Å². The molecule has 0 spiro atoms. The van der Waals surface area contributed by atoms with Crippen molar-refractivity contribution in [1.29, 1.82) is 0 Å². The molecular formula is C16H16Cl2N2O3S. The molecule has 2 aromatic rings.